The molecule has 38 heavy (non-hydrogen) atoms. The second kappa shape index (κ2) is 9.16. The summed E-state index contributed by atoms with van der Waals surface area (Å²) in [5.41, 5.74) is 13.6. The highest BCUT2D eigenvalue weighted by Gasteiger charge is 2.41. The fraction of sp³-hybridized carbons (Fsp3) is 0.351. The van der Waals surface area contributed by atoms with E-state index in [4.69, 9.17) is 0 Å². The van der Waals surface area contributed by atoms with Crippen molar-refractivity contribution in [3.05, 3.63) is 107 Å². The number of para-hydroxylation sites is 1. The summed E-state index contributed by atoms with van der Waals surface area (Å²) in [7, 11) is 0. The lowest BCUT2D eigenvalue weighted by atomic mass is 9.76. The van der Waals surface area contributed by atoms with Gasteiger partial charge >= 0.3 is 0 Å². The van der Waals surface area contributed by atoms with Gasteiger partial charge in [-0.25, -0.2) is 0 Å². The summed E-state index contributed by atoms with van der Waals surface area (Å²) in [5.74, 6) is 0. The first-order valence-corrected chi connectivity index (χ1v) is 14.1. The molecule has 0 spiro atoms. The molecule has 1 aliphatic carbocycles. The number of anilines is 2. The van der Waals surface area contributed by atoms with Crippen molar-refractivity contribution in [2.45, 2.75) is 78.6 Å². The molecule has 1 heteroatoms. The van der Waals surface area contributed by atoms with E-state index < -0.39 is 0 Å². The largest absolute Gasteiger partial charge is 0.341 e. The van der Waals surface area contributed by atoms with Crippen molar-refractivity contribution in [1.82, 2.24) is 0 Å². The maximum Gasteiger partial charge on any atom is 0.0528 e. The average Bonchev–Trinajstić information content (AvgIpc) is 3.11. The van der Waals surface area contributed by atoms with Gasteiger partial charge in [-0.2, -0.15) is 0 Å². The Balaban J connectivity index is 1.92. The molecule has 0 saturated heterocycles. The second-order valence-corrected chi connectivity index (χ2v) is 13.4. The lowest BCUT2D eigenvalue weighted by Crippen LogP contribution is -2.30. The van der Waals surface area contributed by atoms with E-state index in [1.165, 1.54) is 55.9 Å². The molecule has 1 aliphatic rings. The lowest BCUT2D eigenvalue weighted by Gasteiger charge is -2.39. The maximum absolute atomic E-state index is 2.65. The van der Waals surface area contributed by atoms with Gasteiger partial charge in [0.1, 0.15) is 0 Å². The van der Waals surface area contributed by atoms with Crippen molar-refractivity contribution in [2.24, 2.45) is 0 Å². The van der Waals surface area contributed by atoms with Crippen molar-refractivity contribution >= 4 is 11.4 Å². The number of hydrogen-bond acceptors (Lipinski definition) is 1. The van der Waals surface area contributed by atoms with Gasteiger partial charge in [0.15, 0.2) is 0 Å². The Morgan fingerprint density at radius 1 is 0.579 bits per heavy atom. The molecule has 5 rings (SSSR count). The Hall–Kier alpha value is -3.32. The van der Waals surface area contributed by atoms with Crippen molar-refractivity contribution in [3.63, 3.8) is 0 Å². The Kier molecular flexibility index (Phi) is 6.33. The highest BCUT2D eigenvalue weighted by Crippen LogP contribution is 2.56. The summed E-state index contributed by atoms with van der Waals surface area (Å²) in [6.07, 6.45) is 0. The van der Waals surface area contributed by atoms with E-state index in [9.17, 15) is 0 Å². The Morgan fingerprint density at radius 2 is 1.16 bits per heavy atom. The summed E-state index contributed by atoms with van der Waals surface area (Å²) in [4.78, 5) is 2.65. The van der Waals surface area contributed by atoms with Crippen molar-refractivity contribution in [1.29, 1.82) is 0 Å². The van der Waals surface area contributed by atoms with Crippen LogP contribution >= 0.6 is 0 Å². The van der Waals surface area contributed by atoms with Gasteiger partial charge in [0.25, 0.3) is 0 Å². The van der Waals surface area contributed by atoms with Crippen LogP contribution in [-0.2, 0) is 16.2 Å². The smallest absolute Gasteiger partial charge is 0.0528 e. The average molecular weight is 502 g/mol. The van der Waals surface area contributed by atoms with E-state index in [0.29, 0.717) is 0 Å². The molecule has 0 aliphatic heterocycles. The molecule has 0 saturated carbocycles. The lowest BCUT2D eigenvalue weighted by molar-refractivity contribution is 0.580. The molecule has 4 aromatic rings. The van der Waals surface area contributed by atoms with Gasteiger partial charge in [-0.1, -0.05) is 140 Å². The second-order valence-electron chi connectivity index (χ2n) is 13.4. The zero-order valence-electron chi connectivity index (χ0n) is 24.7. The van der Waals surface area contributed by atoms with Crippen LogP contribution in [0.25, 0.3) is 22.3 Å². The summed E-state index contributed by atoms with van der Waals surface area (Å²) in [6, 6.07) is 31.6. The number of hydrogen-bond donors (Lipinski definition) is 0. The number of fused-ring (bicyclic) bond motifs is 3. The number of benzene rings is 4. The Bertz CT molecular complexity index is 1480. The number of nitrogens with zero attached hydrogens (tertiary/aromatic N) is 1. The Morgan fingerprint density at radius 3 is 1.79 bits per heavy atom. The fourth-order valence-electron chi connectivity index (χ4n) is 6.45. The van der Waals surface area contributed by atoms with E-state index >= 15 is 0 Å². The van der Waals surface area contributed by atoms with Gasteiger partial charge in [0, 0.05) is 23.2 Å². The minimum atomic E-state index is -0.0977. The SMILES string of the molecule is CCN(c1c(-c2ccccc2)cccc1C(C)(C)C)c1c(C(C)(C)C)ccc2c1C(C)(C)c1ccccc1-2. The molecule has 0 unspecified atom stereocenters. The van der Waals surface area contributed by atoms with E-state index in [0.717, 1.165) is 6.54 Å². The molecule has 0 atom stereocenters. The highest BCUT2D eigenvalue weighted by molar-refractivity contribution is 5.93. The monoisotopic (exact) mass is 501 g/mol. The third-order valence-electron chi connectivity index (χ3n) is 8.29. The third kappa shape index (κ3) is 4.17. The molecule has 196 valence electrons. The summed E-state index contributed by atoms with van der Waals surface area (Å²) < 4.78 is 0. The minimum absolute atomic E-state index is 0.00771. The first kappa shape index (κ1) is 26.3. The quantitative estimate of drug-likeness (QED) is 0.269. The fourth-order valence-corrected chi connectivity index (χ4v) is 6.45. The van der Waals surface area contributed by atoms with E-state index in [1.807, 2.05) is 0 Å². The maximum atomic E-state index is 2.65. The van der Waals surface area contributed by atoms with Crippen LogP contribution in [0, 0.1) is 0 Å². The first-order valence-electron chi connectivity index (χ1n) is 14.1. The molecular formula is C37H43N. The predicted molar refractivity (Wildman–Crippen MR) is 166 cm³/mol. The van der Waals surface area contributed by atoms with Crippen molar-refractivity contribution in [2.75, 3.05) is 11.4 Å². The third-order valence-corrected chi connectivity index (χ3v) is 8.29. The molecule has 0 heterocycles. The minimum Gasteiger partial charge on any atom is -0.341 e. The molecule has 0 N–H and O–H groups in total. The molecule has 0 bridgehead atoms. The summed E-state index contributed by atoms with van der Waals surface area (Å²) in [6.45, 7) is 22.1. The normalized spacial score (nSPS) is 14.2. The van der Waals surface area contributed by atoms with E-state index in [1.54, 1.807) is 0 Å². The zero-order chi connectivity index (χ0) is 27.5. The molecule has 1 nitrogen and oxygen atoms in total. The van der Waals surface area contributed by atoms with E-state index in [2.05, 4.69) is 152 Å². The predicted octanol–water partition coefficient (Wildman–Crippen LogP) is 10.4. The highest BCUT2D eigenvalue weighted by atomic mass is 15.1. The van der Waals surface area contributed by atoms with Gasteiger partial charge in [-0.05, 0) is 56.7 Å². The van der Waals surface area contributed by atoms with Gasteiger partial charge < -0.3 is 4.90 Å². The first-order chi connectivity index (χ1) is 17.9. The molecule has 0 fully saturated rings. The van der Waals surface area contributed by atoms with Crippen LogP contribution in [0.2, 0.25) is 0 Å². The van der Waals surface area contributed by atoms with Gasteiger partial charge in [-0.15, -0.1) is 0 Å². The Labute approximate surface area is 230 Å². The van der Waals surface area contributed by atoms with Crippen LogP contribution in [0.5, 0.6) is 0 Å². The standard InChI is InChI=1S/C37H43N/c1-10-38(33-26(25-17-12-11-13-18-25)20-16-22-30(33)35(2,3)4)34-31(36(5,6)7)24-23-28-27-19-14-15-21-29(27)37(8,9)32(28)34/h11-24H,10H2,1-9H3. The summed E-state index contributed by atoms with van der Waals surface area (Å²) in [5, 5.41) is 0. The molecule has 0 radical (unpaired) electrons. The van der Waals surface area contributed by atoms with Gasteiger partial charge in [0.2, 0.25) is 0 Å². The summed E-state index contributed by atoms with van der Waals surface area (Å²) >= 11 is 0. The van der Waals surface area contributed by atoms with Crippen LogP contribution in [0.4, 0.5) is 11.4 Å². The van der Waals surface area contributed by atoms with Crippen molar-refractivity contribution < 1.29 is 0 Å². The molecule has 0 aromatic heterocycles. The zero-order valence-corrected chi connectivity index (χ0v) is 24.7. The van der Waals surface area contributed by atoms with E-state index in [-0.39, 0.29) is 16.2 Å². The topological polar surface area (TPSA) is 3.24 Å². The van der Waals surface area contributed by atoms with Gasteiger partial charge in [0.05, 0.1) is 5.69 Å². The number of rotatable bonds is 4. The molecular weight excluding hydrogens is 458 g/mol. The van der Waals surface area contributed by atoms with Gasteiger partial charge in [-0.3, -0.25) is 0 Å². The molecule has 4 aromatic carbocycles. The van der Waals surface area contributed by atoms with Crippen LogP contribution in [-0.4, -0.2) is 6.54 Å². The van der Waals surface area contributed by atoms with Crippen LogP contribution < -0.4 is 4.90 Å². The van der Waals surface area contributed by atoms with Crippen LogP contribution in [0.3, 0.4) is 0 Å². The van der Waals surface area contributed by atoms with Crippen LogP contribution in [0.1, 0.15) is 84.6 Å². The van der Waals surface area contributed by atoms with Crippen molar-refractivity contribution in [3.8, 4) is 22.3 Å². The van der Waals surface area contributed by atoms with Crippen LogP contribution in [0.15, 0.2) is 84.9 Å². The molecule has 0 amide bonds.